The maximum Gasteiger partial charge on any atom is 0.225 e. The van der Waals surface area contributed by atoms with Crippen molar-refractivity contribution in [3.05, 3.63) is 29.8 Å². The number of carbonyl (C=O) groups excluding carboxylic acids is 1. The van der Waals surface area contributed by atoms with Crippen LogP contribution in [-0.4, -0.2) is 29.7 Å². The Balaban J connectivity index is 1.56. The standard InChI is InChI=1S/C16H22N2O2/c19-15(18-11-16(20)7-3-4-8-16)13-9-12-5-1-2-6-14(12)17-10-13/h1-2,5-6,13,17,20H,3-4,7-11H2,(H,18,19). The molecular formula is C16H22N2O2. The largest absolute Gasteiger partial charge is 0.388 e. The zero-order chi connectivity index (χ0) is 14.0. The van der Waals surface area contributed by atoms with Crippen molar-refractivity contribution >= 4 is 11.6 Å². The van der Waals surface area contributed by atoms with E-state index in [0.29, 0.717) is 13.1 Å². The van der Waals surface area contributed by atoms with Crippen LogP contribution in [0, 0.1) is 5.92 Å². The highest BCUT2D eigenvalue weighted by molar-refractivity contribution is 5.80. The summed E-state index contributed by atoms with van der Waals surface area (Å²) in [6, 6.07) is 8.11. The van der Waals surface area contributed by atoms with Gasteiger partial charge < -0.3 is 15.7 Å². The molecule has 3 rings (SSSR count). The molecule has 3 N–H and O–H groups in total. The van der Waals surface area contributed by atoms with Crippen LogP contribution in [0.1, 0.15) is 31.2 Å². The number of aliphatic hydroxyl groups is 1. The van der Waals surface area contributed by atoms with Crippen molar-refractivity contribution in [3.63, 3.8) is 0 Å². The molecular weight excluding hydrogens is 252 g/mol. The van der Waals surface area contributed by atoms with Crippen LogP contribution in [0.2, 0.25) is 0 Å². The minimum absolute atomic E-state index is 0.0464. The summed E-state index contributed by atoms with van der Waals surface area (Å²) in [5, 5.41) is 16.5. The van der Waals surface area contributed by atoms with Gasteiger partial charge in [0.05, 0.1) is 11.5 Å². The summed E-state index contributed by atoms with van der Waals surface area (Å²) in [5.74, 6) is 0.00207. The fourth-order valence-corrected chi connectivity index (χ4v) is 3.23. The molecule has 0 bridgehead atoms. The van der Waals surface area contributed by atoms with Gasteiger partial charge in [-0.3, -0.25) is 4.79 Å². The summed E-state index contributed by atoms with van der Waals surface area (Å²) in [6.45, 7) is 1.06. The smallest absolute Gasteiger partial charge is 0.225 e. The van der Waals surface area contributed by atoms with Gasteiger partial charge in [0.2, 0.25) is 5.91 Å². The Bertz CT molecular complexity index is 495. The van der Waals surface area contributed by atoms with E-state index in [1.165, 1.54) is 5.56 Å². The van der Waals surface area contributed by atoms with E-state index in [1.807, 2.05) is 18.2 Å². The van der Waals surface area contributed by atoms with Crippen LogP contribution >= 0.6 is 0 Å². The van der Waals surface area contributed by atoms with E-state index in [4.69, 9.17) is 0 Å². The lowest BCUT2D eigenvalue weighted by molar-refractivity contribution is -0.125. The van der Waals surface area contributed by atoms with Gasteiger partial charge in [0.15, 0.2) is 0 Å². The van der Waals surface area contributed by atoms with E-state index < -0.39 is 5.60 Å². The first kappa shape index (κ1) is 13.4. The van der Waals surface area contributed by atoms with E-state index in [0.717, 1.165) is 37.8 Å². The van der Waals surface area contributed by atoms with E-state index in [2.05, 4.69) is 16.7 Å². The van der Waals surface area contributed by atoms with Crippen LogP contribution in [0.25, 0.3) is 0 Å². The van der Waals surface area contributed by atoms with Gasteiger partial charge >= 0.3 is 0 Å². The number of carbonyl (C=O) groups is 1. The molecule has 0 radical (unpaired) electrons. The van der Waals surface area contributed by atoms with E-state index in [1.54, 1.807) is 0 Å². The molecule has 1 aliphatic carbocycles. The van der Waals surface area contributed by atoms with Crippen molar-refractivity contribution in [1.29, 1.82) is 0 Å². The molecule has 1 atom stereocenters. The fourth-order valence-electron chi connectivity index (χ4n) is 3.23. The zero-order valence-corrected chi connectivity index (χ0v) is 11.7. The molecule has 1 saturated carbocycles. The van der Waals surface area contributed by atoms with Crippen LogP contribution in [-0.2, 0) is 11.2 Å². The highest BCUT2D eigenvalue weighted by Gasteiger charge is 2.32. The number of hydrogen-bond acceptors (Lipinski definition) is 3. The highest BCUT2D eigenvalue weighted by Crippen LogP contribution is 2.29. The normalized spacial score (nSPS) is 23.8. The van der Waals surface area contributed by atoms with Crippen molar-refractivity contribution in [3.8, 4) is 0 Å². The molecule has 20 heavy (non-hydrogen) atoms. The average molecular weight is 274 g/mol. The third-order valence-electron chi connectivity index (χ3n) is 4.52. The molecule has 1 fully saturated rings. The number of fused-ring (bicyclic) bond motifs is 1. The summed E-state index contributed by atoms with van der Waals surface area (Å²) in [6.07, 6.45) is 4.50. The molecule has 4 heteroatoms. The first-order chi connectivity index (χ1) is 9.66. The second kappa shape index (κ2) is 5.44. The Morgan fingerprint density at radius 3 is 2.90 bits per heavy atom. The molecule has 0 spiro atoms. The van der Waals surface area contributed by atoms with Gasteiger partial charge in [-0.2, -0.15) is 0 Å². The molecule has 1 unspecified atom stereocenters. The zero-order valence-electron chi connectivity index (χ0n) is 11.7. The molecule has 0 aromatic heterocycles. The molecule has 1 aliphatic heterocycles. The van der Waals surface area contributed by atoms with Gasteiger partial charge in [0, 0.05) is 18.8 Å². The first-order valence-electron chi connectivity index (χ1n) is 7.48. The molecule has 1 heterocycles. The number of rotatable bonds is 3. The molecule has 108 valence electrons. The van der Waals surface area contributed by atoms with Gasteiger partial charge in [-0.25, -0.2) is 0 Å². The summed E-state index contributed by atoms with van der Waals surface area (Å²) in [4.78, 5) is 12.2. The van der Waals surface area contributed by atoms with Crippen LogP contribution in [0.4, 0.5) is 5.69 Å². The predicted molar refractivity (Wildman–Crippen MR) is 78.6 cm³/mol. The van der Waals surface area contributed by atoms with Crippen molar-refractivity contribution in [1.82, 2.24) is 5.32 Å². The van der Waals surface area contributed by atoms with Gasteiger partial charge in [0.1, 0.15) is 0 Å². The number of hydrogen-bond donors (Lipinski definition) is 3. The predicted octanol–water partition coefficient (Wildman–Crippen LogP) is 1.69. The average Bonchev–Trinajstić information content (AvgIpc) is 2.91. The van der Waals surface area contributed by atoms with Gasteiger partial charge in [-0.15, -0.1) is 0 Å². The maximum absolute atomic E-state index is 12.2. The Kier molecular flexibility index (Phi) is 3.66. The van der Waals surface area contributed by atoms with Gasteiger partial charge in [0.25, 0.3) is 0 Å². The number of amides is 1. The number of para-hydroxylation sites is 1. The van der Waals surface area contributed by atoms with Crippen molar-refractivity contribution in [2.24, 2.45) is 5.92 Å². The number of benzene rings is 1. The summed E-state index contributed by atoms with van der Waals surface area (Å²) in [5.41, 5.74) is 1.65. The Morgan fingerprint density at radius 2 is 2.10 bits per heavy atom. The summed E-state index contributed by atoms with van der Waals surface area (Å²) in [7, 11) is 0. The van der Waals surface area contributed by atoms with Crippen LogP contribution < -0.4 is 10.6 Å². The SMILES string of the molecule is O=C(NCC1(O)CCCC1)C1CNc2ccccc2C1. The molecule has 4 nitrogen and oxygen atoms in total. The van der Waals surface area contributed by atoms with E-state index >= 15 is 0 Å². The molecule has 0 saturated heterocycles. The summed E-state index contributed by atoms with van der Waals surface area (Å²) >= 11 is 0. The van der Waals surface area contributed by atoms with Crippen molar-refractivity contribution in [2.45, 2.75) is 37.7 Å². The lowest BCUT2D eigenvalue weighted by Crippen LogP contribution is -2.45. The van der Waals surface area contributed by atoms with Crippen molar-refractivity contribution < 1.29 is 9.90 Å². The van der Waals surface area contributed by atoms with Crippen LogP contribution in [0.3, 0.4) is 0 Å². The molecule has 1 aromatic carbocycles. The Hall–Kier alpha value is -1.55. The Morgan fingerprint density at radius 1 is 1.35 bits per heavy atom. The van der Waals surface area contributed by atoms with E-state index in [-0.39, 0.29) is 11.8 Å². The minimum Gasteiger partial charge on any atom is -0.388 e. The quantitative estimate of drug-likeness (QED) is 0.786. The lowest BCUT2D eigenvalue weighted by Gasteiger charge is -2.27. The molecule has 1 aromatic rings. The second-order valence-electron chi connectivity index (χ2n) is 6.09. The van der Waals surface area contributed by atoms with Crippen LogP contribution in [0.5, 0.6) is 0 Å². The van der Waals surface area contributed by atoms with Gasteiger partial charge in [-0.1, -0.05) is 31.0 Å². The number of anilines is 1. The maximum atomic E-state index is 12.2. The lowest BCUT2D eigenvalue weighted by atomic mass is 9.93. The minimum atomic E-state index is -0.671. The second-order valence-corrected chi connectivity index (χ2v) is 6.09. The third-order valence-corrected chi connectivity index (χ3v) is 4.52. The summed E-state index contributed by atoms with van der Waals surface area (Å²) < 4.78 is 0. The number of nitrogens with one attached hydrogen (secondary N) is 2. The fraction of sp³-hybridized carbons (Fsp3) is 0.562. The van der Waals surface area contributed by atoms with Crippen molar-refractivity contribution in [2.75, 3.05) is 18.4 Å². The monoisotopic (exact) mass is 274 g/mol. The molecule has 2 aliphatic rings. The first-order valence-corrected chi connectivity index (χ1v) is 7.48. The third kappa shape index (κ3) is 2.80. The van der Waals surface area contributed by atoms with E-state index in [9.17, 15) is 9.90 Å². The molecule has 1 amide bonds. The van der Waals surface area contributed by atoms with Gasteiger partial charge in [-0.05, 0) is 30.9 Å². The van der Waals surface area contributed by atoms with Crippen LogP contribution in [0.15, 0.2) is 24.3 Å². The highest BCUT2D eigenvalue weighted by atomic mass is 16.3. The Labute approximate surface area is 119 Å². The topological polar surface area (TPSA) is 61.4 Å².